The molecule has 0 bridgehead atoms. The topological polar surface area (TPSA) is 12.0 Å². The maximum Gasteiger partial charge on any atom is 0.0438 e. The molecule has 0 fully saturated rings. The molecule has 0 aromatic heterocycles. The number of aryl methyl sites for hydroxylation is 2. The standard InChI is InChI=1S/C16H26ClN/c1-7-18-15(10-16(4,5)6)13-8-12(3)14(17)9-11(13)2/h8-9,15,18H,7,10H2,1-6H3. The molecule has 1 unspecified atom stereocenters. The lowest BCUT2D eigenvalue weighted by molar-refractivity contribution is 0.313. The first-order valence-corrected chi connectivity index (χ1v) is 7.12. The van der Waals surface area contributed by atoms with Crippen molar-refractivity contribution >= 4 is 11.6 Å². The zero-order chi connectivity index (χ0) is 13.9. The van der Waals surface area contributed by atoms with Crippen LogP contribution in [0.25, 0.3) is 0 Å². The fourth-order valence-corrected chi connectivity index (χ4v) is 2.55. The van der Waals surface area contributed by atoms with Gasteiger partial charge in [-0.3, -0.25) is 0 Å². The highest BCUT2D eigenvalue weighted by atomic mass is 35.5. The molecule has 0 heterocycles. The van der Waals surface area contributed by atoms with Crippen LogP contribution in [-0.4, -0.2) is 6.54 Å². The highest BCUT2D eigenvalue weighted by Crippen LogP contribution is 2.33. The van der Waals surface area contributed by atoms with Crippen molar-refractivity contribution in [2.45, 2.75) is 54.0 Å². The summed E-state index contributed by atoms with van der Waals surface area (Å²) in [5.74, 6) is 0. The Morgan fingerprint density at radius 1 is 1.17 bits per heavy atom. The zero-order valence-corrected chi connectivity index (χ0v) is 13.3. The quantitative estimate of drug-likeness (QED) is 0.806. The van der Waals surface area contributed by atoms with Gasteiger partial charge in [0.15, 0.2) is 0 Å². The van der Waals surface area contributed by atoms with Gasteiger partial charge in [0.2, 0.25) is 0 Å². The van der Waals surface area contributed by atoms with Crippen molar-refractivity contribution in [3.05, 3.63) is 33.8 Å². The molecule has 0 aliphatic rings. The van der Waals surface area contributed by atoms with E-state index < -0.39 is 0 Å². The highest BCUT2D eigenvalue weighted by Gasteiger charge is 2.21. The Kier molecular flexibility index (Phi) is 5.24. The second kappa shape index (κ2) is 6.08. The van der Waals surface area contributed by atoms with Gasteiger partial charge in [-0.25, -0.2) is 0 Å². The van der Waals surface area contributed by atoms with E-state index in [9.17, 15) is 0 Å². The average molecular weight is 268 g/mol. The van der Waals surface area contributed by atoms with Crippen LogP contribution in [0.3, 0.4) is 0 Å². The van der Waals surface area contributed by atoms with E-state index >= 15 is 0 Å². The van der Waals surface area contributed by atoms with Crippen LogP contribution in [0.4, 0.5) is 0 Å². The number of hydrogen-bond acceptors (Lipinski definition) is 1. The molecule has 2 heteroatoms. The van der Waals surface area contributed by atoms with Crippen molar-refractivity contribution in [2.75, 3.05) is 6.54 Å². The molecule has 0 saturated carbocycles. The van der Waals surface area contributed by atoms with Gasteiger partial charge >= 0.3 is 0 Å². The van der Waals surface area contributed by atoms with Crippen molar-refractivity contribution in [2.24, 2.45) is 5.41 Å². The maximum atomic E-state index is 6.18. The van der Waals surface area contributed by atoms with Gasteiger partial charge in [-0.2, -0.15) is 0 Å². The molecule has 18 heavy (non-hydrogen) atoms. The molecule has 102 valence electrons. The number of nitrogens with one attached hydrogen (secondary N) is 1. The second-order valence-electron chi connectivity index (χ2n) is 6.33. The molecular formula is C16H26ClN. The van der Waals surface area contributed by atoms with Crippen LogP contribution < -0.4 is 5.32 Å². The van der Waals surface area contributed by atoms with Crippen LogP contribution in [-0.2, 0) is 0 Å². The van der Waals surface area contributed by atoms with Gasteiger partial charge in [0.05, 0.1) is 0 Å². The Balaban J connectivity index is 3.09. The molecule has 1 atom stereocenters. The van der Waals surface area contributed by atoms with Crippen LogP contribution in [0.5, 0.6) is 0 Å². The molecular weight excluding hydrogens is 242 g/mol. The van der Waals surface area contributed by atoms with Crippen LogP contribution in [0, 0.1) is 19.3 Å². The average Bonchev–Trinajstić information content (AvgIpc) is 2.21. The molecule has 0 amide bonds. The summed E-state index contributed by atoms with van der Waals surface area (Å²) in [6.45, 7) is 14.2. The molecule has 1 aromatic rings. The fraction of sp³-hybridized carbons (Fsp3) is 0.625. The molecule has 1 nitrogen and oxygen atoms in total. The summed E-state index contributed by atoms with van der Waals surface area (Å²) in [6, 6.07) is 4.72. The van der Waals surface area contributed by atoms with E-state index in [1.165, 1.54) is 11.1 Å². The smallest absolute Gasteiger partial charge is 0.0438 e. The van der Waals surface area contributed by atoms with Crippen LogP contribution in [0.15, 0.2) is 12.1 Å². The van der Waals surface area contributed by atoms with E-state index in [2.05, 4.69) is 59.0 Å². The minimum absolute atomic E-state index is 0.312. The third kappa shape index (κ3) is 4.29. The van der Waals surface area contributed by atoms with Crippen molar-refractivity contribution in [3.8, 4) is 0 Å². The first-order chi connectivity index (χ1) is 8.24. The monoisotopic (exact) mass is 267 g/mol. The van der Waals surface area contributed by atoms with E-state index in [4.69, 9.17) is 11.6 Å². The first-order valence-electron chi connectivity index (χ1n) is 6.74. The Hall–Kier alpha value is -0.530. The Bertz CT molecular complexity index is 404. The van der Waals surface area contributed by atoms with Gasteiger partial charge in [0, 0.05) is 11.1 Å². The maximum absolute atomic E-state index is 6.18. The predicted octanol–water partition coefficient (Wildman–Crippen LogP) is 5.04. The summed E-state index contributed by atoms with van der Waals surface area (Å²) in [7, 11) is 0. The zero-order valence-electron chi connectivity index (χ0n) is 12.5. The SMILES string of the molecule is CCNC(CC(C)(C)C)c1cc(C)c(Cl)cc1C. The Morgan fingerprint density at radius 2 is 1.78 bits per heavy atom. The number of benzene rings is 1. The third-order valence-corrected chi connectivity index (χ3v) is 3.60. The largest absolute Gasteiger partial charge is 0.310 e. The van der Waals surface area contributed by atoms with E-state index in [0.29, 0.717) is 11.5 Å². The highest BCUT2D eigenvalue weighted by molar-refractivity contribution is 6.31. The number of hydrogen-bond donors (Lipinski definition) is 1. The van der Waals surface area contributed by atoms with Crippen molar-refractivity contribution in [3.63, 3.8) is 0 Å². The normalized spacial score (nSPS) is 13.7. The molecule has 1 rings (SSSR count). The molecule has 0 aliphatic carbocycles. The Morgan fingerprint density at radius 3 is 2.28 bits per heavy atom. The van der Waals surface area contributed by atoms with Crippen LogP contribution in [0.2, 0.25) is 5.02 Å². The molecule has 1 aromatic carbocycles. The lowest BCUT2D eigenvalue weighted by Gasteiger charge is -2.28. The number of halogens is 1. The van der Waals surface area contributed by atoms with Crippen LogP contribution >= 0.6 is 11.6 Å². The lowest BCUT2D eigenvalue weighted by atomic mass is 9.84. The van der Waals surface area contributed by atoms with Gasteiger partial charge in [-0.1, -0.05) is 45.4 Å². The van der Waals surface area contributed by atoms with Gasteiger partial charge in [0.25, 0.3) is 0 Å². The Labute approximate surface area is 117 Å². The summed E-state index contributed by atoms with van der Waals surface area (Å²) in [4.78, 5) is 0. The first kappa shape index (κ1) is 15.5. The predicted molar refractivity (Wildman–Crippen MR) is 81.4 cm³/mol. The van der Waals surface area contributed by atoms with E-state index in [1.807, 2.05) is 0 Å². The summed E-state index contributed by atoms with van der Waals surface area (Å²) in [5, 5.41) is 4.46. The van der Waals surface area contributed by atoms with Crippen molar-refractivity contribution < 1.29 is 0 Å². The van der Waals surface area contributed by atoms with E-state index in [-0.39, 0.29) is 0 Å². The minimum Gasteiger partial charge on any atom is -0.310 e. The van der Waals surface area contributed by atoms with Crippen molar-refractivity contribution in [1.82, 2.24) is 5.32 Å². The number of rotatable bonds is 4. The minimum atomic E-state index is 0.312. The van der Waals surface area contributed by atoms with Gasteiger partial charge in [-0.05, 0) is 55.0 Å². The molecule has 0 aliphatic heterocycles. The summed E-state index contributed by atoms with van der Waals surface area (Å²) < 4.78 is 0. The summed E-state index contributed by atoms with van der Waals surface area (Å²) in [5.41, 5.74) is 4.14. The molecule has 0 spiro atoms. The molecule has 0 radical (unpaired) electrons. The lowest BCUT2D eigenvalue weighted by Crippen LogP contribution is -2.26. The molecule has 1 N–H and O–H groups in total. The van der Waals surface area contributed by atoms with Crippen molar-refractivity contribution in [1.29, 1.82) is 0 Å². The van der Waals surface area contributed by atoms with Crippen LogP contribution in [0.1, 0.15) is 56.8 Å². The van der Waals surface area contributed by atoms with Gasteiger partial charge in [-0.15, -0.1) is 0 Å². The van der Waals surface area contributed by atoms with Gasteiger partial charge < -0.3 is 5.32 Å². The molecule has 0 saturated heterocycles. The van der Waals surface area contributed by atoms with E-state index in [1.54, 1.807) is 0 Å². The second-order valence-corrected chi connectivity index (χ2v) is 6.74. The summed E-state index contributed by atoms with van der Waals surface area (Å²) >= 11 is 6.18. The fourth-order valence-electron chi connectivity index (χ4n) is 2.33. The van der Waals surface area contributed by atoms with E-state index in [0.717, 1.165) is 23.6 Å². The third-order valence-electron chi connectivity index (χ3n) is 3.19. The van der Waals surface area contributed by atoms with Gasteiger partial charge in [0.1, 0.15) is 0 Å². The summed E-state index contributed by atoms with van der Waals surface area (Å²) in [6.07, 6.45) is 1.13.